The lowest BCUT2D eigenvalue weighted by atomic mass is 9.68. The summed E-state index contributed by atoms with van der Waals surface area (Å²) in [4.78, 5) is 0. The summed E-state index contributed by atoms with van der Waals surface area (Å²) in [6, 6.07) is 0. The van der Waals surface area contributed by atoms with Crippen molar-refractivity contribution >= 4 is 0 Å². The number of hydrogen-bond donors (Lipinski definition) is 1. The Bertz CT molecular complexity index is 138. The first kappa shape index (κ1) is 11.0. The van der Waals surface area contributed by atoms with Gasteiger partial charge in [0.2, 0.25) is 0 Å². The summed E-state index contributed by atoms with van der Waals surface area (Å²) in [7, 11) is 0. The number of nitrogens with one attached hydrogen (secondary N) is 1. The molecular formula is C12H25N. The van der Waals surface area contributed by atoms with Gasteiger partial charge in [0, 0.05) is 0 Å². The molecule has 0 spiro atoms. The highest BCUT2D eigenvalue weighted by atomic mass is 14.9. The van der Waals surface area contributed by atoms with E-state index in [4.69, 9.17) is 0 Å². The minimum atomic E-state index is 0.635. The second-order valence-corrected chi connectivity index (χ2v) is 4.84. The van der Waals surface area contributed by atoms with Gasteiger partial charge in [-0.3, -0.25) is 0 Å². The van der Waals surface area contributed by atoms with Gasteiger partial charge in [-0.1, -0.05) is 33.6 Å². The quantitative estimate of drug-likeness (QED) is 0.705. The van der Waals surface area contributed by atoms with Crippen LogP contribution in [-0.2, 0) is 0 Å². The first-order valence-electron chi connectivity index (χ1n) is 5.93. The highest BCUT2D eigenvalue weighted by Crippen LogP contribution is 2.40. The maximum Gasteiger partial charge on any atom is -0.00153 e. The second-order valence-electron chi connectivity index (χ2n) is 4.84. The van der Waals surface area contributed by atoms with Crippen molar-refractivity contribution in [3.8, 4) is 0 Å². The Morgan fingerprint density at radius 3 is 2.69 bits per heavy atom. The fourth-order valence-corrected chi connectivity index (χ4v) is 2.80. The van der Waals surface area contributed by atoms with Gasteiger partial charge in [0.25, 0.3) is 0 Å². The topological polar surface area (TPSA) is 12.0 Å². The molecule has 1 aliphatic heterocycles. The van der Waals surface area contributed by atoms with Crippen LogP contribution in [0.15, 0.2) is 0 Å². The summed E-state index contributed by atoms with van der Waals surface area (Å²) in [5.41, 5.74) is 0.635. The van der Waals surface area contributed by atoms with Crippen LogP contribution in [0.25, 0.3) is 0 Å². The fraction of sp³-hybridized carbons (Fsp3) is 1.00. The van der Waals surface area contributed by atoms with E-state index >= 15 is 0 Å². The molecule has 1 fully saturated rings. The number of rotatable bonds is 4. The van der Waals surface area contributed by atoms with Crippen molar-refractivity contribution in [2.45, 2.75) is 52.9 Å². The lowest BCUT2D eigenvalue weighted by Gasteiger charge is -2.42. The van der Waals surface area contributed by atoms with E-state index in [1.165, 1.54) is 45.2 Å². The van der Waals surface area contributed by atoms with E-state index in [-0.39, 0.29) is 0 Å². The SMILES string of the molecule is CCCC1CNCCC1(C)CCC. The van der Waals surface area contributed by atoms with Crippen molar-refractivity contribution in [3.63, 3.8) is 0 Å². The van der Waals surface area contributed by atoms with Gasteiger partial charge in [-0.2, -0.15) is 0 Å². The summed E-state index contributed by atoms with van der Waals surface area (Å²) in [6.07, 6.45) is 6.89. The van der Waals surface area contributed by atoms with E-state index in [9.17, 15) is 0 Å². The van der Waals surface area contributed by atoms with Gasteiger partial charge < -0.3 is 5.32 Å². The minimum Gasteiger partial charge on any atom is -0.316 e. The van der Waals surface area contributed by atoms with Crippen LogP contribution >= 0.6 is 0 Å². The normalized spacial score (nSPS) is 34.8. The molecule has 0 radical (unpaired) electrons. The molecule has 1 aliphatic rings. The third kappa shape index (κ3) is 2.70. The Morgan fingerprint density at radius 1 is 1.31 bits per heavy atom. The highest BCUT2D eigenvalue weighted by Gasteiger charge is 2.34. The van der Waals surface area contributed by atoms with Crippen molar-refractivity contribution in [1.29, 1.82) is 0 Å². The Kier molecular flexibility index (Phi) is 4.24. The standard InChI is InChI=1S/C12H25N/c1-4-6-11-10-13-9-8-12(11,3)7-5-2/h11,13H,4-10H2,1-3H3. The largest absolute Gasteiger partial charge is 0.316 e. The molecule has 1 saturated heterocycles. The summed E-state index contributed by atoms with van der Waals surface area (Å²) in [5, 5.41) is 3.53. The van der Waals surface area contributed by atoms with Crippen molar-refractivity contribution in [2.75, 3.05) is 13.1 Å². The lowest BCUT2D eigenvalue weighted by molar-refractivity contribution is 0.108. The summed E-state index contributed by atoms with van der Waals surface area (Å²) < 4.78 is 0. The van der Waals surface area contributed by atoms with E-state index < -0.39 is 0 Å². The van der Waals surface area contributed by atoms with Crippen molar-refractivity contribution < 1.29 is 0 Å². The average molecular weight is 183 g/mol. The molecule has 0 saturated carbocycles. The van der Waals surface area contributed by atoms with Crippen LogP contribution in [0.1, 0.15) is 52.9 Å². The van der Waals surface area contributed by atoms with Crippen LogP contribution in [0.4, 0.5) is 0 Å². The van der Waals surface area contributed by atoms with Gasteiger partial charge in [0.1, 0.15) is 0 Å². The van der Waals surface area contributed by atoms with E-state index in [1.54, 1.807) is 0 Å². The predicted molar refractivity (Wildman–Crippen MR) is 58.9 cm³/mol. The predicted octanol–water partition coefficient (Wildman–Crippen LogP) is 3.20. The average Bonchev–Trinajstić information content (AvgIpc) is 2.10. The van der Waals surface area contributed by atoms with E-state index in [0.29, 0.717) is 5.41 Å². The Hall–Kier alpha value is -0.0400. The van der Waals surface area contributed by atoms with Crippen LogP contribution < -0.4 is 5.32 Å². The van der Waals surface area contributed by atoms with Crippen LogP contribution in [0.2, 0.25) is 0 Å². The van der Waals surface area contributed by atoms with Crippen LogP contribution in [0.5, 0.6) is 0 Å². The molecule has 2 unspecified atom stereocenters. The Balaban J connectivity index is 2.54. The van der Waals surface area contributed by atoms with E-state index in [2.05, 4.69) is 26.1 Å². The molecule has 1 heteroatoms. The molecule has 1 nitrogen and oxygen atoms in total. The van der Waals surface area contributed by atoms with Crippen LogP contribution in [-0.4, -0.2) is 13.1 Å². The van der Waals surface area contributed by atoms with Gasteiger partial charge in [-0.15, -0.1) is 0 Å². The molecule has 1 rings (SSSR count). The van der Waals surface area contributed by atoms with Gasteiger partial charge in [-0.05, 0) is 43.7 Å². The number of hydrogen-bond acceptors (Lipinski definition) is 1. The van der Waals surface area contributed by atoms with Gasteiger partial charge in [0.15, 0.2) is 0 Å². The molecule has 78 valence electrons. The number of piperidine rings is 1. The molecule has 0 aromatic heterocycles. The molecule has 0 aromatic rings. The molecule has 1 N–H and O–H groups in total. The first-order valence-corrected chi connectivity index (χ1v) is 5.93. The molecule has 0 aromatic carbocycles. The van der Waals surface area contributed by atoms with Gasteiger partial charge in [0.05, 0.1) is 0 Å². The molecule has 2 atom stereocenters. The zero-order valence-electron chi connectivity index (χ0n) is 9.53. The summed E-state index contributed by atoms with van der Waals surface area (Å²) in [6.45, 7) is 9.61. The Morgan fingerprint density at radius 2 is 2.08 bits per heavy atom. The lowest BCUT2D eigenvalue weighted by Crippen LogP contribution is -2.43. The van der Waals surface area contributed by atoms with Crippen molar-refractivity contribution in [2.24, 2.45) is 11.3 Å². The molecular weight excluding hydrogens is 158 g/mol. The zero-order valence-corrected chi connectivity index (χ0v) is 9.53. The first-order chi connectivity index (χ1) is 6.23. The highest BCUT2D eigenvalue weighted by molar-refractivity contribution is 4.87. The van der Waals surface area contributed by atoms with Gasteiger partial charge >= 0.3 is 0 Å². The minimum absolute atomic E-state index is 0.635. The van der Waals surface area contributed by atoms with E-state index in [1.807, 2.05) is 0 Å². The van der Waals surface area contributed by atoms with Gasteiger partial charge in [-0.25, -0.2) is 0 Å². The summed E-state index contributed by atoms with van der Waals surface area (Å²) >= 11 is 0. The van der Waals surface area contributed by atoms with Crippen LogP contribution in [0, 0.1) is 11.3 Å². The smallest absolute Gasteiger partial charge is 0.00153 e. The van der Waals surface area contributed by atoms with E-state index in [0.717, 1.165) is 5.92 Å². The van der Waals surface area contributed by atoms with Crippen molar-refractivity contribution in [1.82, 2.24) is 5.32 Å². The monoisotopic (exact) mass is 183 g/mol. The zero-order chi connectivity index (χ0) is 9.73. The molecule has 0 bridgehead atoms. The van der Waals surface area contributed by atoms with Crippen LogP contribution in [0.3, 0.4) is 0 Å². The third-order valence-corrected chi connectivity index (χ3v) is 3.71. The maximum atomic E-state index is 3.53. The second kappa shape index (κ2) is 4.99. The summed E-state index contributed by atoms with van der Waals surface area (Å²) in [5.74, 6) is 0.922. The third-order valence-electron chi connectivity index (χ3n) is 3.71. The van der Waals surface area contributed by atoms with Crippen molar-refractivity contribution in [3.05, 3.63) is 0 Å². The molecule has 0 aliphatic carbocycles. The Labute approximate surface area is 83.3 Å². The molecule has 1 heterocycles. The fourth-order valence-electron chi connectivity index (χ4n) is 2.80. The maximum absolute atomic E-state index is 3.53. The molecule has 0 amide bonds. The molecule has 13 heavy (non-hydrogen) atoms.